The molecular formula is C9H14N2O2. The zero-order valence-corrected chi connectivity index (χ0v) is 7.67. The van der Waals surface area contributed by atoms with Crippen LogP contribution in [0.25, 0.3) is 0 Å². The summed E-state index contributed by atoms with van der Waals surface area (Å²) in [7, 11) is 0. The van der Waals surface area contributed by atoms with Gasteiger partial charge < -0.3 is 10.6 Å². The summed E-state index contributed by atoms with van der Waals surface area (Å²) in [6.07, 6.45) is 2.89. The van der Waals surface area contributed by atoms with E-state index in [0.717, 1.165) is 19.3 Å². The highest BCUT2D eigenvalue weighted by atomic mass is 16.2. The minimum Gasteiger partial charge on any atom is -0.351 e. The lowest BCUT2D eigenvalue weighted by Gasteiger charge is -2.14. The predicted octanol–water partition coefficient (Wildman–Crippen LogP) is -0.210. The molecule has 0 aromatic carbocycles. The van der Waals surface area contributed by atoms with Gasteiger partial charge in [0.2, 0.25) is 11.8 Å². The van der Waals surface area contributed by atoms with E-state index in [2.05, 4.69) is 10.6 Å². The van der Waals surface area contributed by atoms with Crippen molar-refractivity contribution in [1.29, 1.82) is 0 Å². The van der Waals surface area contributed by atoms with Crippen LogP contribution in [0.2, 0.25) is 0 Å². The second-order valence-corrected chi connectivity index (χ2v) is 3.88. The normalized spacial score (nSPS) is 39.0. The number of hydrogen-bond acceptors (Lipinski definition) is 2. The smallest absolute Gasteiger partial charge is 0.242 e. The van der Waals surface area contributed by atoms with Crippen LogP contribution in [0.3, 0.4) is 0 Å². The van der Waals surface area contributed by atoms with Crippen LogP contribution in [0.4, 0.5) is 0 Å². The zero-order valence-electron chi connectivity index (χ0n) is 7.67. The van der Waals surface area contributed by atoms with E-state index in [1.54, 1.807) is 6.92 Å². The minimum absolute atomic E-state index is 0.00824. The molecule has 0 aromatic heterocycles. The highest BCUT2D eigenvalue weighted by molar-refractivity contribution is 5.91. The van der Waals surface area contributed by atoms with Crippen molar-refractivity contribution in [2.24, 2.45) is 5.92 Å². The van der Waals surface area contributed by atoms with Crippen molar-refractivity contribution in [1.82, 2.24) is 10.6 Å². The van der Waals surface area contributed by atoms with Gasteiger partial charge in [-0.2, -0.15) is 0 Å². The van der Waals surface area contributed by atoms with Crippen molar-refractivity contribution in [3.05, 3.63) is 0 Å². The van der Waals surface area contributed by atoms with Gasteiger partial charge in [-0.15, -0.1) is 0 Å². The first kappa shape index (κ1) is 8.53. The Labute approximate surface area is 77.1 Å². The highest BCUT2D eigenvalue weighted by Gasteiger charge is 2.38. The SMILES string of the molecule is C[C@@H]1NC(=O)C2CCCC2NC1=O. The first-order valence-corrected chi connectivity index (χ1v) is 4.79. The van der Waals surface area contributed by atoms with E-state index in [4.69, 9.17) is 0 Å². The molecule has 1 aliphatic heterocycles. The Hall–Kier alpha value is -1.06. The van der Waals surface area contributed by atoms with Gasteiger partial charge in [0.25, 0.3) is 0 Å². The molecule has 4 heteroatoms. The molecule has 1 aliphatic carbocycles. The molecule has 2 amide bonds. The number of fused-ring (bicyclic) bond motifs is 1. The second-order valence-electron chi connectivity index (χ2n) is 3.88. The van der Waals surface area contributed by atoms with Gasteiger partial charge in [-0.05, 0) is 19.8 Å². The van der Waals surface area contributed by atoms with Gasteiger partial charge in [-0.3, -0.25) is 9.59 Å². The van der Waals surface area contributed by atoms with Crippen LogP contribution in [0.1, 0.15) is 26.2 Å². The molecule has 1 heterocycles. The second kappa shape index (κ2) is 3.01. The van der Waals surface area contributed by atoms with Crippen molar-refractivity contribution in [2.45, 2.75) is 38.3 Å². The summed E-state index contributed by atoms with van der Waals surface area (Å²) in [5, 5.41) is 5.61. The van der Waals surface area contributed by atoms with Crippen molar-refractivity contribution >= 4 is 11.8 Å². The Kier molecular flexibility index (Phi) is 1.98. The highest BCUT2D eigenvalue weighted by Crippen LogP contribution is 2.27. The third kappa shape index (κ3) is 1.41. The molecule has 2 unspecified atom stereocenters. The fourth-order valence-electron chi connectivity index (χ4n) is 2.14. The number of hydrogen-bond donors (Lipinski definition) is 2. The summed E-state index contributed by atoms with van der Waals surface area (Å²) in [6.45, 7) is 1.72. The van der Waals surface area contributed by atoms with E-state index in [9.17, 15) is 9.59 Å². The van der Waals surface area contributed by atoms with Crippen molar-refractivity contribution < 1.29 is 9.59 Å². The van der Waals surface area contributed by atoms with Gasteiger partial charge in [-0.1, -0.05) is 6.42 Å². The molecule has 72 valence electrons. The fraction of sp³-hybridized carbons (Fsp3) is 0.778. The number of carbonyl (C=O) groups is 2. The predicted molar refractivity (Wildman–Crippen MR) is 46.9 cm³/mol. The van der Waals surface area contributed by atoms with Crippen LogP contribution in [-0.4, -0.2) is 23.9 Å². The minimum atomic E-state index is -0.377. The van der Waals surface area contributed by atoms with E-state index in [1.807, 2.05) is 0 Å². The van der Waals surface area contributed by atoms with Crippen LogP contribution in [-0.2, 0) is 9.59 Å². The van der Waals surface area contributed by atoms with E-state index in [-0.39, 0.29) is 29.8 Å². The van der Waals surface area contributed by atoms with E-state index >= 15 is 0 Å². The lowest BCUT2D eigenvalue weighted by Crippen LogP contribution is -2.41. The molecule has 0 bridgehead atoms. The molecule has 1 saturated heterocycles. The third-order valence-corrected chi connectivity index (χ3v) is 2.93. The molecule has 2 N–H and O–H groups in total. The molecule has 4 nitrogen and oxygen atoms in total. The molecule has 2 aliphatic rings. The van der Waals surface area contributed by atoms with Crippen molar-refractivity contribution in [2.75, 3.05) is 0 Å². The average Bonchev–Trinajstić information content (AvgIpc) is 2.48. The van der Waals surface area contributed by atoms with Crippen LogP contribution in [0, 0.1) is 5.92 Å². The topological polar surface area (TPSA) is 58.2 Å². The largest absolute Gasteiger partial charge is 0.351 e. The first-order valence-electron chi connectivity index (χ1n) is 4.79. The summed E-state index contributed by atoms with van der Waals surface area (Å²) in [5.41, 5.74) is 0. The first-order chi connectivity index (χ1) is 6.18. The van der Waals surface area contributed by atoms with Gasteiger partial charge in [0, 0.05) is 6.04 Å². The lowest BCUT2D eigenvalue weighted by atomic mass is 10.0. The molecule has 0 aromatic rings. The standard InChI is InChI=1S/C9H14N2O2/c1-5-8(12)11-7-4-2-3-6(7)9(13)10-5/h5-7H,2-4H2,1H3,(H,10,13)(H,11,12)/t5-,6?,7?/m0/s1. The Morgan fingerprint density at radius 1 is 1.15 bits per heavy atom. The molecule has 13 heavy (non-hydrogen) atoms. The number of nitrogens with one attached hydrogen (secondary N) is 2. The zero-order chi connectivity index (χ0) is 9.42. The number of rotatable bonds is 0. The van der Waals surface area contributed by atoms with Gasteiger partial charge in [-0.25, -0.2) is 0 Å². The van der Waals surface area contributed by atoms with Gasteiger partial charge in [0.15, 0.2) is 0 Å². The number of amides is 2. The maximum absolute atomic E-state index is 11.5. The summed E-state index contributed by atoms with van der Waals surface area (Å²) < 4.78 is 0. The summed E-state index contributed by atoms with van der Waals surface area (Å²) >= 11 is 0. The number of carbonyl (C=O) groups excluding carboxylic acids is 2. The quantitative estimate of drug-likeness (QED) is 0.544. The molecule has 0 spiro atoms. The van der Waals surface area contributed by atoms with Gasteiger partial charge >= 0.3 is 0 Å². The maximum atomic E-state index is 11.5. The van der Waals surface area contributed by atoms with E-state index in [1.165, 1.54) is 0 Å². The van der Waals surface area contributed by atoms with Crippen LogP contribution < -0.4 is 10.6 Å². The summed E-state index contributed by atoms with van der Waals surface area (Å²) in [4.78, 5) is 22.9. The molecule has 0 radical (unpaired) electrons. The molecule has 2 fully saturated rings. The molecule has 1 saturated carbocycles. The summed E-state index contributed by atoms with van der Waals surface area (Å²) in [6, 6.07) is -0.296. The Bertz CT molecular complexity index is 252. The van der Waals surface area contributed by atoms with E-state index in [0.29, 0.717) is 0 Å². The Balaban J connectivity index is 2.18. The Morgan fingerprint density at radius 3 is 2.69 bits per heavy atom. The van der Waals surface area contributed by atoms with Gasteiger partial charge in [0.05, 0.1) is 5.92 Å². The monoisotopic (exact) mass is 182 g/mol. The lowest BCUT2D eigenvalue weighted by molar-refractivity contribution is -0.127. The van der Waals surface area contributed by atoms with E-state index < -0.39 is 0 Å². The summed E-state index contributed by atoms with van der Waals surface area (Å²) in [5.74, 6) is -0.00926. The van der Waals surface area contributed by atoms with Crippen molar-refractivity contribution in [3.63, 3.8) is 0 Å². The Morgan fingerprint density at radius 2 is 1.92 bits per heavy atom. The average molecular weight is 182 g/mol. The van der Waals surface area contributed by atoms with Crippen LogP contribution in [0.5, 0.6) is 0 Å². The maximum Gasteiger partial charge on any atom is 0.242 e. The molecule has 2 rings (SSSR count). The molecule has 3 atom stereocenters. The van der Waals surface area contributed by atoms with Crippen molar-refractivity contribution in [3.8, 4) is 0 Å². The third-order valence-electron chi connectivity index (χ3n) is 2.93. The van der Waals surface area contributed by atoms with Crippen LogP contribution in [0.15, 0.2) is 0 Å². The van der Waals surface area contributed by atoms with Crippen LogP contribution >= 0.6 is 0 Å². The molecular weight excluding hydrogens is 168 g/mol. The van der Waals surface area contributed by atoms with Gasteiger partial charge in [0.1, 0.15) is 6.04 Å². The fourth-order valence-corrected chi connectivity index (χ4v) is 2.14.